The number of amides is 1. The van der Waals surface area contributed by atoms with Crippen molar-refractivity contribution in [1.82, 2.24) is 9.21 Å². The van der Waals surface area contributed by atoms with Crippen LogP contribution in [0.25, 0.3) is 0 Å². The summed E-state index contributed by atoms with van der Waals surface area (Å²) in [6.45, 7) is 3.56. The molecule has 0 bridgehead atoms. The Bertz CT molecular complexity index is 1030. The Morgan fingerprint density at radius 3 is 2.29 bits per heavy atom. The van der Waals surface area contributed by atoms with E-state index in [9.17, 15) is 13.2 Å². The van der Waals surface area contributed by atoms with Gasteiger partial charge in [-0.3, -0.25) is 4.79 Å². The topological polar surface area (TPSA) is 76.2 Å². The Kier molecular flexibility index (Phi) is 6.05. The second-order valence-corrected chi connectivity index (χ2v) is 9.95. The van der Waals surface area contributed by atoms with Crippen molar-refractivity contribution >= 4 is 15.9 Å². The number of likely N-dealkylation sites (tertiary alicyclic amines) is 1. The summed E-state index contributed by atoms with van der Waals surface area (Å²) in [5.74, 6) is 0.787. The molecule has 7 nitrogen and oxygen atoms in total. The number of nitrogens with zero attached hydrogens (tertiary/aromatic N) is 2. The predicted octanol–water partition coefficient (Wildman–Crippen LogP) is 2.59. The van der Waals surface area contributed by atoms with Gasteiger partial charge >= 0.3 is 0 Å². The summed E-state index contributed by atoms with van der Waals surface area (Å²) in [7, 11) is -2.06. The summed E-state index contributed by atoms with van der Waals surface area (Å²) in [4.78, 5) is 14.9. The van der Waals surface area contributed by atoms with Gasteiger partial charge in [0.25, 0.3) is 0 Å². The molecule has 166 valence electrons. The molecule has 1 amide bonds. The predicted molar refractivity (Wildman–Crippen MR) is 116 cm³/mol. The van der Waals surface area contributed by atoms with Gasteiger partial charge in [-0.1, -0.05) is 29.8 Å². The van der Waals surface area contributed by atoms with Crippen LogP contribution in [0.2, 0.25) is 0 Å². The summed E-state index contributed by atoms with van der Waals surface area (Å²) in [5.41, 5.74) is 1.06. The maximum atomic E-state index is 13.3. The first kappa shape index (κ1) is 21.8. The summed E-state index contributed by atoms with van der Waals surface area (Å²) < 4.78 is 39.2. The molecular formula is C23H28N2O5S. The Morgan fingerprint density at radius 2 is 1.68 bits per heavy atom. The zero-order valence-electron chi connectivity index (χ0n) is 17.9. The molecule has 0 N–H and O–H groups in total. The summed E-state index contributed by atoms with van der Waals surface area (Å²) >= 11 is 0. The number of ether oxygens (including phenoxy) is 2. The van der Waals surface area contributed by atoms with E-state index in [0.717, 1.165) is 16.9 Å². The van der Waals surface area contributed by atoms with Crippen molar-refractivity contribution in [2.24, 2.45) is 0 Å². The van der Waals surface area contributed by atoms with Gasteiger partial charge in [0.2, 0.25) is 15.9 Å². The number of sulfonamides is 1. The third kappa shape index (κ3) is 4.33. The van der Waals surface area contributed by atoms with Gasteiger partial charge < -0.3 is 14.4 Å². The minimum Gasteiger partial charge on any atom is -0.497 e. The quantitative estimate of drug-likeness (QED) is 0.709. The van der Waals surface area contributed by atoms with E-state index in [1.807, 2.05) is 31.2 Å². The van der Waals surface area contributed by atoms with Crippen LogP contribution in [0.4, 0.5) is 0 Å². The van der Waals surface area contributed by atoms with Gasteiger partial charge in [-0.25, -0.2) is 8.42 Å². The minimum atomic E-state index is -3.66. The molecule has 0 aromatic heterocycles. The molecule has 0 aliphatic carbocycles. The van der Waals surface area contributed by atoms with E-state index in [1.54, 1.807) is 36.3 Å². The van der Waals surface area contributed by atoms with Crippen molar-refractivity contribution in [3.63, 3.8) is 0 Å². The molecule has 2 heterocycles. The van der Waals surface area contributed by atoms with Gasteiger partial charge in [0, 0.05) is 32.5 Å². The monoisotopic (exact) mass is 444 g/mol. The lowest BCUT2D eigenvalue weighted by atomic mass is 10.00. The van der Waals surface area contributed by atoms with E-state index in [-0.39, 0.29) is 10.8 Å². The van der Waals surface area contributed by atoms with Crippen LogP contribution in [0.15, 0.2) is 53.4 Å². The number of benzene rings is 2. The molecule has 2 saturated heterocycles. The van der Waals surface area contributed by atoms with Crippen LogP contribution in [0.1, 0.15) is 24.0 Å². The second kappa shape index (κ2) is 8.61. The van der Waals surface area contributed by atoms with Crippen molar-refractivity contribution in [2.45, 2.75) is 36.8 Å². The van der Waals surface area contributed by atoms with E-state index in [1.165, 1.54) is 4.31 Å². The average molecular weight is 445 g/mol. The average Bonchev–Trinajstić information content (AvgIpc) is 3.19. The van der Waals surface area contributed by atoms with Crippen LogP contribution in [-0.2, 0) is 26.0 Å². The zero-order chi connectivity index (χ0) is 22.1. The molecule has 2 aromatic rings. The van der Waals surface area contributed by atoms with Crippen molar-refractivity contribution in [1.29, 1.82) is 0 Å². The minimum absolute atomic E-state index is 0.0333. The normalized spacial score (nSPS) is 19.0. The van der Waals surface area contributed by atoms with E-state index >= 15 is 0 Å². The number of hydrogen-bond donors (Lipinski definition) is 0. The van der Waals surface area contributed by atoms with E-state index < -0.39 is 15.7 Å². The highest BCUT2D eigenvalue weighted by molar-refractivity contribution is 7.89. The lowest BCUT2D eigenvalue weighted by molar-refractivity contribution is -0.139. The van der Waals surface area contributed by atoms with Gasteiger partial charge in [0.1, 0.15) is 11.5 Å². The number of piperidine rings is 1. The van der Waals surface area contributed by atoms with Crippen LogP contribution >= 0.6 is 0 Å². The third-order valence-corrected chi connectivity index (χ3v) is 8.10. The molecule has 2 aromatic carbocycles. The molecule has 4 rings (SSSR count). The second-order valence-electron chi connectivity index (χ2n) is 8.09. The number of aryl methyl sites for hydroxylation is 1. The molecule has 0 radical (unpaired) electrons. The summed E-state index contributed by atoms with van der Waals surface area (Å²) in [6.07, 6.45) is 1.24. The lowest BCUT2D eigenvalue weighted by Gasteiger charge is -2.42. The number of rotatable bonds is 5. The first-order valence-corrected chi connectivity index (χ1v) is 11.9. The smallest absolute Gasteiger partial charge is 0.245 e. The van der Waals surface area contributed by atoms with Gasteiger partial charge in [-0.05, 0) is 36.8 Å². The molecular weight excluding hydrogens is 416 g/mol. The largest absolute Gasteiger partial charge is 0.497 e. The fourth-order valence-electron chi connectivity index (χ4n) is 4.30. The number of carbonyl (C=O) groups excluding carboxylic acids is 1. The zero-order valence-corrected chi connectivity index (χ0v) is 18.7. The van der Waals surface area contributed by atoms with Crippen molar-refractivity contribution < 1.29 is 22.7 Å². The van der Waals surface area contributed by atoms with E-state index in [2.05, 4.69) is 0 Å². The highest BCUT2D eigenvalue weighted by atomic mass is 32.2. The molecule has 0 atom stereocenters. The van der Waals surface area contributed by atoms with Gasteiger partial charge in [0.15, 0.2) is 0 Å². The number of methoxy groups -OCH3 is 1. The molecule has 2 fully saturated rings. The Hall–Kier alpha value is -2.42. The molecule has 0 saturated carbocycles. The molecule has 2 aliphatic rings. The number of carbonyl (C=O) groups is 1. The van der Waals surface area contributed by atoms with Crippen LogP contribution in [0.3, 0.4) is 0 Å². The Morgan fingerprint density at radius 1 is 1.03 bits per heavy atom. The molecule has 0 unspecified atom stereocenters. The van der Waals surface area contributed by atoms with Gasteiger partial charge in [-0.15, -0.1) is 0 Å². The Balaban J connectivity index is 1.43. The van der Waals surface area contributed by atoms with E-state index in [0.29, 0.717) is 45.5 Å². The first-order valence-electron chi connectivity index (χ1n) is 10.5. The first-order chi connectivity index (χ1) is 14.8. The summed E-state index contributed by atoms with van der Waals surface area (Å²) in [5, 5.41) is 0. The maximum Gasteiger partial charge on any atom is 0.245 e. The van der Waals surface area contributed by atoms with Crippen molar-refractivity contribution in [2.75, 3.05) is 33.4 Å². The standard InChI is InChI=1S/C23H28N2O5S/c1-18-3-9-21(10-4-18)31(27,28)25-15-16-30-23(25)11-13-24(14-12-23)22(26)17-19-5-7-20(29-2)8-6-19/h3-10H,11-17H2,1-2H3. The van der Waals surface area contributed by atoms with Gasteiger partial charge in [0.05, 0.1) is 25.0 Å². The van der Waals surface area contributed by atoms with Crippen molar-refractivity contribution in [3.05, 3.63) is 59.7 Å². The van der Waals surface area contributed by atoms with Crippen LogP contribution in [-0.4, -0.2) is 62.6 Å². The van der Waals surface area contributed by atoms with E-state index in [4.69, 9.17) is 9.47 Å². The summed E-state index contributed by atoms with van der Waals surface area (Å²) in [6, 6.07) is 14.3. The van der Waals surface area contributed by atoms with Crippen LogP contribution in [0, 0.1) is 6.92 Å². The van der Waals surface area contributed by atoms with Gasteiger partial charge in [-0.2, -0.15) is 4.31 Å². The SMILES string of the molecule is COc1ccc(CC(=O)N2CCC3(CC2)OCCN3S(=O)(=O)c2ccc(C)cc2)cc1. The highest BCUT2D eigenvalue weighted by Crippen LogP contribution is 2.38. The van der Waals surface area contributed by atoms with Crippen molar-refractivity contribution in [3.8, 4) is 5.75 Å². The lowest BCUT2D eigenvalue weighted by Crippen LogP contribution is -2.55. The van der Waals surface area contributed by atoms with Crippen LogP contribution in [0.5, 0.6) is 5.75 Å². The highest BCUT2D eigenvalue weighted by Gasteiger charge is 2.50. The third-order valence-electron chi connectivity index (χ3n) is 6.14. The molecule has 2 aliphatic heterocycles. The number of hydrogen-bond acceptors (Lipinski definition) is 5. The Labute approximate surface area is 183 Å². The maximum absolute atomic E-state index is 13.3. The fourth-order valence-corrected chi connectivity index (χ4v) is 6.02. The molecule has 1 spiro atoms. The molecule has 31 heavy (non-hydrogen) atoms. The van der Waals surface area contributed by atoms with Crippen LogP contribution < -0.4 is 4.74 Å². The molecule has 8 heteroatoms. The fraction of sp³-hybridized carbons (Fsp3) is 0.435.